The molecule has 1 aromatic heterocycles. The van der Waals surface area contributed by atoms with Gasteiger partial charge in [-0.15, -0.1) is 0 Å². The summed E-state index contributed by atoms with van der Waals surface area (Å²) >= 11 is 5.93. The highest BCUT2D eigenvalue weighted by atomic mass is 35.5. The number of hydrogen-bond donors (Lipinski definition) is 2. The molecule has 1 saturated heterocycles. The van der Waals surface area contributed by atoms with Crippen molar-refractivity contribution in [3.63, 3.8) is 0 Å². The van der Waals surface area contributed by atoms with Crippen LogP contribution in [0.25, 0.3) is 0 Å². The summed E-state index contributed by atoms with van der Waals surface area (Å²) in [4.78, 5) is 26.0. The van der Waals surface area contributed by atoms with Gasteiger partial charge in [-0.25, -0.2) is 0 Å². The molecule has 0 aliphatic carbocycles. The molecule has 2 amide bonds. The summed E-state index contributed by atoms with van der Waals surface area (Å²) in [6.07, 6.45) is -3.17. The molecule has 2 aromatic rings. The molecule has 2 heterocycles. The number of benzene rings is 1. The number of nitrogens with one attached hydrogen (secondary N) is 2. The Morgan fingerprint density at radius 1 is 1.25 bits per heavy atom. The van der Waals surface area contributed by atoms with Crippen LogP contribution in [0.15, 0.2) is 30.3 Å². The van der Waals surface area contributed by atoms with E-state index in [-0.39, 0.29) is 17.5 Å². The summed E-state index contributed by atoms with van der Waals surface area (Å²) < 4.78 is 36.6. The second-order valence-corrected chi connectivity index (χ2v) is 7.02. The number of amides is 2. The van der Waals surface area contributed by atoms with Gasteiger partial charge in [0.15, 0.2) is 0 Å². The van der Waals surface area contributed by atoms with Gasteiger partial charge < -0.3 is 10.2 Å². The van der Waals surface area contributed by atoms with Crippen LogP contribution in [-0.4, -0.2) is 52.7 Å². The van der Waals surface area contributed by atoms with Gasteiger partial charge in [-0.2, -0.15) is 18.3 Å². The van der Waals surface area contributed by atoms with Crippen LogP contribution in [0.2, 0.25) is 5.02 Å². The van der Waals surface area contributed by atoms with Gasteiger partial charge in [0, 0.05) is 35.3 Å². The van der Waals surface area contributed by atoms with Crippen molar-refractivity contribution in [1.29, 1.82) is 0 Å². The number of aromatic amines is 1. The van der Waals surface area contributed by atoms with E-state index in [1.165, 1.54) is 6.07 Å². The lowest BCUT2D eigenvalue weighted by Gasteiger charge is -2.31. The van der Waals surface area contributed by atoms with Crippen molar-refractivity contribution in [2.75, 3.05) is 19.6 Å². The molecule has 10 heteroatoms. The maximum atomic E-state index is 12.5. The normalized spacial score (nSPS) is 15.5. The molecule has 150 valence electrons. The Bertz CT molecular complexity index is 861. The lowest BCUT2D eigenvalue weighted by Crippen LogP contribution is -2.38. The predicted octanol–water partition coefficient (Wildman–Crippen LogP) is 3.38. The molecule has 1 aliphatic rings. The van der Waals surface area contributed by atoms with Crippen molar-refractivity contribution in [1.82, 2.24) is 20.4 Å². The quantitative estimate of drug-likeness (QED) is 0.805. The fourth-order valence-electron chi connectivity index (χ4n) is 3.13. The first-order valence-electron chi connectivity index (χ1n) is 8.68. The number of H-pyrrole nitrogens is 1. The Kier molecular flexibility index (Phi) is 5.93. The van der Waals surface area contributed by atoms with Crippen molar-refractivity contribution < 1.29 is 22.8 Å². The number of carbonyl (C=O) groups is 2. The van der Waals surface area contributed by atoms with Gasteiger partial charge in [0.1, 0.15) is 12.2 Å². The monoisotopic (exact) mass is 414 g/mol. The molecule has 0 spiro atoms. The standard InChI is InChI=1S/C18H18ClF3N4O2/c19-13-3-1-2-12(8-13)17(28)26-6-4-11(5-7-26)14-9-15(25-24-14)16(27)23-10-18(20,21)22/h1-3,8-9,11H,4-7,10H2,(H,23,27)(H,24,25). The zero-order valence-corrected chi connectivity index (χ0v) is 15.5. The van der Waals surface area contributed by atoms with Crippen molar-refractivity contribution >= 4 is 23.4 Å². The lowest BCUT2D eigenvalue weighted by atomic mass is 9.93. The van der Waals surface area contributed by atoms with Gasteiger partial charge in [0.25, 0.3) is 11.8 Å². The highest BCUT2D eigenvalue weighted by Gasteiger charge is 2.29. The van der Waals surface area contributed by atoms with E-state index < -0.39 is 18.6 Å². The number of piperidine rings is 1. The van der Waals surface area contributed by atoms with E-state index in [4.69, 9.17) is 11.6 Å². The number of carbonyl (C=O) groups excluding carboxylic acids is 2. The summed E-state index contributed by atoms with van der Waals surface area (Å²) in [5.41, 5.74) is 1.11. The number of nitrogens with zero attached hydrogens (tertiary/aromatic N) is 2. The molecule has 0 bridgehead atoms. The van der Waals surface area contributed by atoms with E-state index in [0.717, 1.165) is 0 Å². The SMILES string of the molecule is O=C(NCC(F)(F)F)c1cc(C2CCN(C(=O)c3cccc(Cl)c3)CC2)[nH]n1. The highest BCUT2D eigenvalue weighted by Crippen LogP contribution is 2.28. The molecule has 0 atom stereocenters. The summed E-state index contributed by atoms with van der Waals surface area (Å²) in [7, 11) is 0. The Hall–Kier alpha value is -2.55. The van der Waals surface area contributed by atoms with Gasteiger partial charge in [0.05, 0.1) is 0 Å². The molecule has 2 N–H and O–H groups in total. The van der Waals surface area contributed by atoms with Crippen LogP contribution in [-0.2, 0) is 0 Å². The Balaban J connectivity index is 1.56. The molecule has 1 aliphatic heterocycles. The van der Waals surface area contributed by atoms with Crippen LogP contribution in [0.4, 0.5) is 13.2 Å². The van der Waals surface area contributed by atoms with Crippen LogP contribution in [0.5, 0.6) is 0 Å². The maximum absolute atomic E-state index is 12.5. The highest BCUT2D eigenvalue weighted by molar-refractivity contribution is 6.30. The number of likely N-dealkylation sites (tertiary alicyclic amines) is 1. The molecule has 1 fully saturated rings. The minimum absolute atomic E-state index is 0.0417. The predicted molar refractivity (Wildman–Crippen MR) is 96.3 cm³/mol. The zero-order chi connectivity index (χ0) is 20.3. The average molecular weight is 415 g/mol. The summed E-state index contributed by atoms with van der Waals surface area (Å²) in [5.74, 6) is -0.939. The summed E-state index contributed by atoms with van der Waals surface area (Å²) in [5, 5.41) is 8.81. The number of alkyl halides is 3. The number of halogens is 4. The van der Waals surface area contributed by atoms with E-state index in [9.17, 15) is 22.8 Å². The van der Waals surface area contributed by atoms with Crippen LogP contribution in [0, 0.1) is 0 Å². The minimum Gasteiger partial charge on any atom is -0.342 e. The first-order chi connectivity index (χ1) is 13.2. The van der Waals surface area contributed by atoms with Gasteiger partial charge in [-0.3, -0.25) is 14.7 Å². The summed E-state index contributed by atoms with van der Waals surface area (Å²) in [6.45, 7) is -0.368. The van der Waals surface area contributed by atoms with E-state index in [0.29, 0.717) is 42.2 Å². The Morgan fingerprint density at radius 2 is 1.96 bits per heavy atom. The van der Waals surface area contributed by atoms with Gasteiger partial charge in [-0.05, 0) is 37.1 Å². The maximum Gasteiger partial charge on any atom is 0.405 e. The second kappa shape index (κ2) is 8.22. The van der Waals surface area contributed by atoms with E-state index >= 15 is 0 Å². The van der Waals surface area contributed by atoms with Crippen molar-refractivity contribution in [3.8, 4) is 0 Å². The van der Waals surface area contributed by atoms with Crippen LogP contribution >= 0.6 is 11.6 Å². The molecule has 1 aromatic carbocycles. The van der Waals surface area contributed by atoms with Crippen molar-refractivity contribution in [2.24, 2.45) is 0 Å². The minimum atomic E-state index is -4.48. The van der Waals surface area contributed by atoms with Crippen LogP contribution in [0.3, 0.4) is 0 Å². The molecule has 0 radical (unpaired) electrons. The molecule has 6 nitrogen and oxygen atoms in total. The first-order valence-corrected chi connectivity index (χ1v) is 9.06. The number of hydrogen-bond acceptors (Lipinski definition) is 3. The van der Waals surface area contributed by atoms with E-state index in [2.05, 4.69) is 10.2 Å². The van der Waals surface area contributed by atoms with Crippen LogP contribution in [0.1, 0.15) is 45.3 Å². The molecule has 3 rings (SSSR count). The molecular weight excluding hydrogens is 397 g/mol. The first kappa shape index (κ1) is 20.2. The van der Waals surface area contributed by atoms with Crippen molar-refractivity contribution in [2.45, 2.75) is 24.9 Å². The fourth-order valence-corrected chi connectivity index (χ4v) is 3.32. The molecule has 28 heavy (non-hydrogen) atoms. The Morgan fingerprint density at radius 3 is 2.61 bits per heavy atom. The van der Waals surface area contributed by atoms with E-state index in [1.807, 2.05) is 0 Å². The van der Waals surface area contributed by atoms with Crippen molar-refractivity contribution in [3.05, 3.63) is 52.3 Å². The van der Waals surface area contributed by atoms with E-state index in [1.54, 1.807) is 34.5 Å². The fraction of sp³-hybridized carbons (Fsp3) is 0.389. The van der Waals surface area contributed by atoms with Gasteiger partial charge in [-0.1, -0.05) is 17.7 Å². The zero-order valence-electron chi connectivity index (χ0n) is 14.7. The largest absolute Gasteiger partial charge is 0.405 e. The smallest absolute Gasteiger partial charge is 0.342 e. The second-order valence-electron chi connectivity index (χ2n) is 6.58. The van der Waals surface area contributed by atoms with Crippen LogP contribution < -0.4 is 5.32 Å². The van der Waals surface area contributed by atoms with Gasteiger partial charge in [0.2, 0.25) is 0 Å². The molecule has 0 unspecified atom stereocenters. The lowest BCUT2D eigenvalue weighted by molar-refractivity contribution is -0.123. The number of aromatic nitrogens is 2. The third-order valence-electron chi connectivity index (χ3n) is 4.57. The number of rotatable bonds is 4. The average Bonchev–Trinajstić information content (AvgIpc) is 3.15. The summed E-state index contributed by atoms with van der Waals surface area (Å²) in [6, 6.07) is 8.21. The van der Waals surface area contributed by atoms with Gasteiger partial charge >= 0.3 is 6.18 Å². The third kappa shape index (κ3) is 5.03. The molecular formula is C18H18ClF3N4O2. The Labute approximate surface area is 164 Å². The molecule has 0 saturated carbocycles. The third-order valence-corrected chi connectivity index (χ3v) is 4.81. The topological polar surface area (TPSA) is 78.1 Å².